The van der Waals surface area contributed by atoms with Crippen molar-refractivity contribution in [3.63, 3.8) is 0 Å². The third-order valence-corrected chi connectivity index (χ3v) is 16.4. The number of benzene rings is 2. The molecule has 0 aliphatic carbocycles. The number of allylic oxidation sites excluding steroid dienone is 1. The zero-order valence-electron chi connectivity index (χ0n) is 21.4. The van der Waals surface area contributed by atoms with Gasteiger partial charge in [-0.25, -0.2) is 4.39 Å². The van der Waals surface area contributed by atoms with Gasteiger partial charge in [0.1, 0.15) is 42.6 Å². The van der Waals surface area contributed by atoms with Gasteiger partial charge in [-0.3, -0.25) is 0 Å². The Bertz CT molecular complexity index is 1810. The van der Waals surface area contributed by atoms with Crippen LogP contribution in [0, 0.1) is 28.5 Å². The molecule has 1 aliphatic heterocycles. The van der Waals surface area contributed by atoms with Crippen LogP contribution in [0.1, 0.15) is 32.3 Å². The van der Waals surface area contributed by atoms with Crippen LogP contribution in [0.5, 0.6) is 0 Å². The second-order valence-corrected chi connectivity index (χ2v) is 16.6. The summed E-state index contributed by atoms with van der Waals surface area (Å²) in [5, 5.41) is 21.5. The summed E-state index contributed by atoms with van der Waals surface area (Å²) in [4.78, 5) is 5.15. The van der Waals surface area contributed by atoms with Crippen LogP contribution >= 0.6 is 34.4 Å². The average molecular weight is 583 g/mol. The number of nitrogens with zero attached hydrogens (tertiary/aromatic N) is 4. The number of hydrogen-bond acceptors (Lipinski definition) is 7. The topological polar surface area (TPSA) is 73.4 Å². The van der Waals surface area contributed by atoms with Crippen molar-refractivity contribution < 1.29 is 4.39 Å². The van der Waals surface area contributed by atoms with E-state index in [0.717, 1.165) is 52.3 Å². The first kappa shape index (κ1) is 25.8. The van der Waals surface area contributed by atoms with Gasteiger partial charge in [0.25, 0.3) is 0 Å². The van der Waals surface area contributed by atoms with E-state index < -0.39 is 8.07 Å². The number of rotatable bonds is 7. The molecule has 6 rings (SSSR count). The summed E-state index contributed by atoms with van der Waals surface area (Å²) in [5.74, 6) is -0.213. The standard InChI is InChI=1S/C30H23FN4S3Si/c1-3-11-39(12-4-2)25-14-23(19-5-8-21(31)9-6-19)36-29(25)30-26(39)15-24(37-30)22-10-7-20(13-18(16-32)17-33)27-28(22)35-38-34-27/h5-10,13-15H,3-4,11-12H2,1-2H3. The molecule has 9 heteroatoms. The highest BCUT2D eigenvalue weighted by molar-refractivity contribution is 7.31. The minimum atomic E-state index is -1.97. The first-order chi connectivity index (χ1) is 19.0. The van der Waals surface area contributed by atoms with Crippen molar-refractivity contribution in [3.05, 3.63) is 65.5 Å². The van der Waals surface area contributed by atoms with Crippen molar-refractivity contribution in [3.8, 4) is 42.8 Å². The molecule has 2 aromatic carbocycles. The highest BCUT2D eigenvalue weighted by atomic mass is 32.1. The first-order valence-corrected chi connectivity index (χ1v) is 17.6. The molecule has 0 N–H and O–H groups in total. The fourth-order valence-electron chi connectivity index (χ4n) is 5.83. The SMILES string of the molecule is CCC[Si]1(CCC)c2cc(-c3ccc(F)cc3)sc2-c2sc(-c3ccc(C=C(C#N)C#N)c4nsnc34)cc21. The predicted molar refractivity (Wildman–Crippen MR) is 164 cm³/mol. The second-order valence-electron chi connectivity index (χ2n) is 9.74. The van der Waals surface area contributed by atoms with E-state index in [1.807, 2.05) is 59.1 Å². The van der Waals surface area contributed by atoms with Gasteiger partial charge < -0.3 is 0 Å². The van der Waals surface area contributed by atoms with E-state index in [0.29, 0.717) is 0 Å². The Morgan fingerprint density at radius 1 is 0.872 bits per heavy atom. The minimum Gasteiger partial charge on any atom is -0.207 e. The first-order valence-electron chi connectivity index (χ1n) is 12.9. The summed E-state index contributed by atoms with van der Waals surface area (Å²) in [7, 11) is -1.97. The van der Waals surface area contributed by atoms with Gasteiger partial charge in [-0.2, -0.15) is 19.3 Å². The Kier molecular flexibility index (Phi) is 6.78. The van der Waals surface area contributed by atoms with Gasteiger partial charge >= 0.3 is 0 Å². The molecular weight excluding hydrogens is 560 g/mol. The van der Waals surface area contributed by atoms with E-state index in [9.17, 15) is 14.9 Å². The van der Waals surface area contributed by atoms with E-state index >= 15 is 0 Å². The predicted octanol–water partition coefficient (Wildman–Crippen LogP) is 8.08. The van der Waals surface area contributed by atoms with Crippen molar-refractivity contribution in [1.29, 1.82) is 10.5 Å². The van der Waals surface area contributed by atoms with Crippen LogP contribution in [0.2, 0.25) is 12.1 Å². The summed E-state index contributed by atoms with van der Waals surface area (Å²) < 4.78 is 22.8. The molecule has 192 valence electrons. The molecule has 0 fully saturated rings. The molecule has 39 heavy (non-hydrogen) atoms. The fraction of sp³-hybridized carbons (Fsp3) is 0.200. The Balaban J connectivity index is 1.52. The van der Waals surface area contributed by atoms with Crippen molar-refractivity contribution in [1.82, 2.24) is 8.75 Å². The van der Waals surface area contributed by atoms with Gasteiger partial charge in [-0.1, -0.05) is 51.0 Å². The van der Waals surface area contributed by atoms with Gasteiger partial charge in [-0.05, 0) is 58.4 Å². The van der Waals surface area contributed by atoms with Crippen LogP contribution in [0.25, 0.3) is 47.7 Å². The summed E-state index contributed by atoms with van der Waals surface area (Å²) in [5.41, 5.74) is 4.41. The van der Waals surface area contributed by atoms with Crippen LogP contribution in [-0.4, -0.2) is 16.8 Å². The number of nitriles is 2. The highest BCUT2D eigenvalue weighted by Gasteiger charge is 2.47. The zero-order chi connectivity index (χ0) is 27.1. The summed E-state index contributed by atoms with van der Waals surface area (Å²) in [6.07, 6.45) is 3.86. The average Bonchev–Trinajstić information content (AvgIpc) is 3.72. The lowest BCUT2D eigenvalue weighted by molar-refractivity contribution is 0.628. The van der Waals surface area contributed by atoms with Crippen molar-refractivity contribution >= 4 is 70.0 Å². The number of hydrogen-bond donors (Lipinski definition) is 0. The molecule has 0 atom stereocenters. The molecule has 0 bridgehead atoms. The lowest BCUT2D eigenvalue weighted by Crippen LogP contribution is -2.54. The summed E-state index contributed by atoms with van der Waals surface area (Å²) in [6, 6.07) is 21.9. The van der Waals surface area contributed by atoms with E-state index in [-0.39, 0.29) is 11.4 Å². The third-order valence-electron chi connectivity index (χ3n) is 7.44. The number of thiophene rings is 2. The van der Waals surface area contributed by atoms with E-state index in [1.54, 1.807) is 23.4 Å². The normalized spacial score (nSPS) is 13.1. The monoisotopic (exact) mass is 582 g/mol. The Hall–Kier alpha value is -3.47. The number of aromatic nitrogens is 2. The Morgan fingerprint density at radius 3 is 2.13 bits per heavy atom. The molecule has 0 saturated carbocycles. The maximum atomic E-state index is 13.6. The maximum Gasteiger partial charge on any atom is 0.130 e. The number of halogens is 1. The molecule has 0 radical (unpaired) electrons. The van der Waals surface area contributed by atoms with Crippen LogP contribution < -0.4 is 10.4 Å². The molecule has 0 saturated heterocycles. The largest absolute Gasteiger partial charge is 0.207 e. The van der Waals surface area contributed by atoms with E-state index in [1.165, 1.54) is 36.8 Å². The van der Waals surface area contributed by atoms with Gasteiger partial charge in [0, 0.05) is 30.6 Å². The lowest BCUT2D eigenvalue weighted by atomic mass is 10.1. The van der Waals surface area contributed by atoms with Gasteiger partial charge in [0.15, 0.2) is 0 Å². The Labute approximate surface area is 239 Å². The quantitative estimate of drug-likeness (QED) is 0.144. The van der Waals surface area contributed by atoms with Crippen molar-refractivity contribution in [2.75, 3.05) is 0 Å². The molecule has 0 unspecified atom stereocenters. The van der Waals surface area contributed by atoms with Crippen LogP contribution in [0.3, 0.4) is 0 Å². The van der Waals surface area contributed by atoms with Crippen molar-refractivity contribution in [2.45, 2.75) is 38.8 Å². The molecule has 0 spiro atoms. The highest BCUT2D eigenvalue weighted by Crippen LogP contribution is 2.47. The smallest absolute Gasteiger partial charge is 0.130 e. The molecule has 4 nitrogen and oxygen atoms in total. The van der Waals surface area contributed by atoms with Crippen LogP contribution in [0.4, 0.5) is 4.39 Å². The molecule has 3 aromatic heterocycles. The molecular formula is C30H23FN4S3Si. The molecule has 1 aliphatic rings. The summed E-state index contributed by atoms with van der Waals surface area (Å²) >= 11 is 4.81. The summed E-state index contributed by atoms with van der Waals surface area (Å²) in [6.45, 7) is 4.58. The van der Waals surface area contributed by atoms with Gasteiger partial charge in [0.05, 0.1) is 11.7 Å². The van der Waals surface area contributed by atoms with Crippen LogP contribution in [0.15, 0.2) is 54.1 Å². The lowest BCUT2D eigenvalue weighted by Gasteiger charge is -2.27. The Morgan fingerprint density at radius 2 is 1.49 bits per heavy atom. The number of fused-ring (bicyclic) bond motifs is 4. The molecule has 0 amide bonds. The fourth-order valence-corrected chi connectivity index (χ4v) is 15.9. The second kappa shape index (κ2) is 10.3. The van der Waals surface area contributed by atoms with Crippen LogP contribution in [-0.2, 0) is 0 Å². The maximum absolute atomic E-state index is 13.6. The zero-order valence-corrected chi connectivity index (χ0v) is 24.9. The minimum absolute atomic E-state index is 0.0456. The van der Waals surface area contributed by atoms with Crippen molar-refractivity contribution in [2.24, 2.45) is 0 Å². The van der Waals surface area contributed by atoms with Gasteiger partial charge in [-0.15, -0.1) is 22.7 Å². The van der Waals surface area contributed by atoms with E-state index in [2.05, 4.69) is 34.7 Å². The molecule has 5 aromatic rings. The van der Waals surface area contributed by atoms with Gasteiger partial charge in [0.2, 0.25) is 0 Å². The third kappa shape index (κ3) is 4.18. The van der Waals surface area contributed by atoms with E-state index in [4.69, 9.17) is 0 Å². The molecule has 4 heterocycles.